The van der Waals surface area contributed by atoms with Crippen molar-refractivity contribution >= 4 is 35.0 Å². The van der Waals surface area contributed by atoms with Gasteiger partial charge in [0.15, 0.2) is 0 Å². The molecule has 3 aromatic rings. The number of benzene rings is 3. The van der Waals surface area contributed by atoms with Gasteiger partial charge in [-0.3, -0.25) is 4.79 Å². The molecule has 0 aliphatic rings. The number of carbonyl (C=O) groups is 1. The number of hydrogen-bond acceptors (Lipinski definition) is 3. The summed E-state index contributed by atoms with van der Waals surface area (Å²) in [6, 6.07) is 21.2. The van der Waals surface area contributed by atoms with Crippen LogP contribution in [0, 0.1) is 6.92 Å². The molecule has 0 atom stereocenters. The molecule has 0 heterocycles. The number of hydrogen-bond donors (Lipinski definition) is 1. The van der Waals surface area contributed by atoms with Crippen LogP contribution in [0.2, 0.25) is 5.02 Å². The third kappa shape index (κ3) is 5.28. The number of carbonyl (C=O) groups excluding carboxylic acids is 1. The molecule has 1 amide bonds. The van der Waals surface area contributed by atoms with E-state index in [9.17, 15) is 4.79 Å². The standard InChI is InChI=1S/C22H20ClNO2S/c1-15-3-10-19(11-4-15)27-14-16-5-7-17(8-6-16)22(25)24-20-13-18(23)9-12-21(20)26-2/h3-13H,14H2,1-2H3,(H,24,25). The van der Waals surface area contributed by atoms with Crippen molar-refractivity contribution < 1.29 is 9.53 Å². The van der Waals surface area contributed by atoms with Crippen molar-refractivity contribution in [3.8, 4) is 5.75 Å². The fourth-order valence-electron chi connectivity index (χ4n) is 2.53. The summed E-state index contributed by atoms with van der Waals surface area (Å²) < 4.78 is 5.26. The highest BCUT2D eigenvalue weighted by atomic mass is 35.5. The molecule has 138 valence electrons. The Bertz CT molecular complexity index is 924. The van der Waals surface area contributed by atoms with Crippen LogP contribution < -0.4 is 10.1 Å². The van der Waals surface area contributed by atoms with Crippen LogP contribution in [0.3, 0.4) is 0 Å². The molecule has 0 aliphatic carbocycles. The van der Waals surface area contributed by atoms with Gasteiger partial charge in [0.1, 0.15) is 5.75 Å². The Morgan fingerprint density at radius 1 is 1.04 bits per heavy atom. The summed E-state index contributed by atoms with van der Waals surface area (Å²) in [6.45, 7) is 2.08. The van der Waals surface area contributed by atoms with Crippen LogP contribution in [0.1, 0.15) is 21.5 Å². The predicted molar refractivity (Wildman–Crippen MR) is 113 cm³/mol. The topological polar surface area (TPSA) is 38.3 Å². The molecule has 3 rings (SSSR count). The number of aryl methyl sites for hydroxylation is 1. The molecule has 27 heavy (non-hydrogen) atoms. The van der Waals surface area contributed by atoms with Gasteiger partial charge >= 0.3 is 0 Å². The Kier molecular flexibility index (Phi) is 6.43. The maximum absolute atomic E-state index is 12.5. The monoisotopic (exact) mass is 397 g/mol. The first-order valence-electron chi connectivity index (χ1n) is 8.48. The van der Waals surface area contributed by atoms with E-state index in [1.54, 1.807) is 37.1 Å². The maximum atomic E-state index is 12.5. The second-order valence-corrected chi connectivity index (χ2v) is 7.58. The Labute approximate surface area is 168 Å². The van der Waals surface area contributed by atoms with Gasteiger partial charge in [-0.15, -0.1) is 11.8 Å². The van der Waals surface area contributed by atoms with Crippen molar-refractivity contribution in [1.29, 1.82) is 0 Å². The lowest BCUT2D eigenvalue weighted by molar-refractivity contribution is 0.102. The number of rotatable bonds is 6. The summed E-state index contributed by atoms with van der Waals surface area (Å²) in [5.74, 6) is 1.22. The molecule has 0 radical (unpaired) electrons. The van der Waals surface area contributed by atoms with Gasteiger partial charge in [-0.05, 0) is 55.0 Å². The minimum atomic E-state index is -0.201. The van der Waals surface area contributed by atoms with Gasteiger partial charge in [-0.2, -0.15) is 0 Å². The number of thioether (sulfide) groups is 1. The first kappa shape index (κ1) is 19.3. The molecule has 0 fully saturated rings. The van der Waals surface area contributed by atoms with Crippen molar-refractivity contribution in [3.05, 3.63) is 88.4 Å². The quantitative estimate of drug-likeness (QED) is 0.503. The van der Waals surface area contributed by atoms with Gasteiger partial charge in [-0.25, -0.2) is 0 Å². The van der Waals surface area contributed by atoms with Crippen molar-refractivity contribution in [3.63, 3.8) is 0 Å². The average molecular weight is 398 g/mol. The van der Waals surface area contributed by atoms with E-state index < -0.39 is 0 Å². The molecule has 0 aliphatic heterocycles. The molecule has 0 saturated carbocycles. The lowest BCUT2D eigenvalue weighted by Gasteiger charge is -2.11. The van der Waals surface area contributed by atoms with Crippen LogP contribution in [0.4, 0.5) is 5.69 Å². The zero-order valence-electron chi connectivity index (χ0n) is 15.2. The number of anilines is 1. The predicted octanol–water partition coefficient (Wildman–Crippen LogP) is 6.20. The Morgan fingerprint density at radius 2 is 1.74 bits per heavy atom. The second kappa shape index (κ2) is 8.98. The van der Waals surface area contributed by atoms with Crippen LogP contribution >= 0.6 is 23.4 Å². The van der Waals surface area contributed by atoms with Gasteiger partial charge in [0.2, 0.25) is 0 Å². The van der Waals surface area contributed by atoms with Crippen LogP contribution in [0.25, 0.3) is 0 Å². The third-order valence-corrected chi connectivity index (χ3v) is 5.37. The fourth-order valence-corrected chi connectivity index (χ4v) is 3.55. The van der Waals surface area contributed by atoms with Crippen LogP contribution in [-0.2, 0) is 5.75 Å². The molecule has 0 bridgehead atoms. The summed E-state index contributed by atoms with van der Waals surface area (Å²) in [5, 5.41) is 3.38. The lowest BCUT2D eigenvalue weighted by atomic mass is 10.1. The lowest BCUT2D eigenvalue weighted by Crippen LogP contribution is -2.12. The molecule has 0 spiro atoms. The Morgan fingerprint density at radius 3 is 2.41 bits per heavy atom. The third-order valence-electron chi connectivity index (χ3n) is 4.05. The van der Waals surface area contributed by atoms with Gasteiger partial charge in [0.25, 0.3) is 5.91 Å². The van der Waals surface area contributed by atoms with E-state index in [4.69, 9.17) is 16.3 Å². The molecule has 1 N–H and O–H groups in total. The second-order valence-electron chi connectivity index (χ2n) is 6.10. The van der Waals surface area contributed by atoms with E-state index in [2.05, 4.69) is 36.5 Å². The minimum absolute atomic E-state index is 0.201. The molecule has 3 nitrogen and oxygen atoms in total. The van der Waals surface area contributed by atoms with Crippen molar-refractivity contribution in [2.24, 2.45) is 0 Å². The van der Waals surface area contributed by atoms with Crippen LogP contribution in [0.15, 0.2) is 71.6 Å². The van der Waals surface area contributed by atoms with Gasteiger partial charge in [0, 0.05) is 21.2 Å². The maximum Gasteiger partial charge on any atom is 0.255 e. The molecular formula is C22H20ClNO2S. The zero-order chi connectivity index (χ0) is 19.2. The van der Waals surface area contributed by atoms with Crippen molar-refractivity contribution in [2.75, 3.05) is 12.4 Å². The highest BCUT2D eigenvalue weighted by Gasteiger charge is 2.10. The number of nitrogens with one attached hydrogen (secondary N) is 1. The normalized spacial score (nSPS) is 10.5. The van der Waals surface area contributed by atoms with E-state index in [1.807, 2.05) is 24.3 Å². The molecule has 5 heteroatoms. The van der Waals surface area contributed by atoms with E-state index in [0.29, 0.717) is 22.0 Å². The minimum Gasteiger partial charge on any atom is -0.495 e. The summed E-state index contributed by atoms with van der Waals surface area (Å²) in [4.78, 5) is 13.7. The van der Waals surface area contributed by atoms with E-state index >= 15 is 0 Å². The SMILES string of the molecule is COc1ccc(Cl)cc1NC(=O)c1ccc(CSc2ccc(C)cc2)cc1. The Hall–Kier alpha value is -2.43. The van der Waals surface area contributed by atoms with Crippen molar-refractivity contribution in [2.45, 2.75) is 17.6 Å². The van der Waals surface area contributed by atoms with E-state index in [1.165, 1.54) is 10.5 Å². The van der Waals surface area contributed by atoms with E-state index in [0.717, 1.165) is 11.3 Å². The highest BCUT2D eigenvalue weighted by molar-refractivity contribution is 7.98. The van der Waals surface area contributed by atoms with Gasteiger partial charge in [-0.1, -0.05) is 41.4 Å². The van der Waals surface area contributed by atoms with Gasteiger partial charge in [0.05, 0.1) is 12.8 Å². The molecular weight excluding hydrogens is 378 g/mol. The highest BCUT2D eigenvalue weighted by Crippen LogP contribution is 2.28. The van der Waals surface area contributed by atoms with Crippen molar-refractivity contribution in [1.82, 2.24) is 0 Å². The summed E-state index contributed by atoms with van der Waals surface area (Å²) in [5.41, 5.74) is 3.55. The number of halogens is 1. The first-order valence-corrected chi connectivity index (χ1v) is 9.85. The molecule has 0 aromatic heterocycles. The summed E-state index contributed by atoms with van der Waals surface area (Å²) in [7, 11) is 1.55. The Balaban J connectivity index is 1.63. The average Bonchev–Trinajstić information content (AvgIpc) is 2.68. The molecule has 0 unspecified atom stereocenters. The van der Waals surface area contributed by atoms with Crippen LogP contribution in [-0.4, -0.2) is 13.0 Å². The van der Waals surface area contributed by atoms with Gasteiger partial charge < -0.3 is 10.1 Å². The molecule has 3 aromatic carbocycles. The number of ether oxygens (including phenoxy) is 1. The summed E-state index contributed by atoms with van der Waals surface area (Å²) >= 11 is 7.78. The van der Waals surface area contributed by atoms with Crippen LogP contribution in [0.5, 0.6) is 5.75 Å². The summed E-state index contributed by atoms with van der Waals surface area (Å²) in [6.07, 6.45) is 0. The molecule has 0 saturated heterocycles. The number of methoxy groups -OCH3 is 1. The first-order chi connectivity index (χ1) is 13.0. The number of amides is 1. The fraction of sp³-hybridized carbons (Fsp3) is 0.136. The largest absolute Gasteiger partial charge is 0.495 e. The smallest absolute Gasteiger partial charge is 0.255 e. The zero-order valence-corrected chi connectivity index (χ0v) is 16.7. The van der Waals surface area contributed by atoms with E-state index in [-0.39, 0.29) is 5.91 Å².